The average molecular weight is 645 g/mol. The Hall–Kier alpha value is -2.56. The largest absolute Gasteiger partial charge is 0.379 e. The Morgan fingerprint density at radius 1 is 1.13 bits per heavy atom. The number of likely N-dealkylation sites (tertiary alicyclic amines) is 1. The molecule has 7 atom stereocenters. The van der Waals surface area contributed by atoms with E-state index in [-0.39, 0.29) is 54.1 Å². The highest BCUT2D eigenvalue weighted by Gasteiger charge is 2.42. The molecule has 10 heteroatoms. The highest BCUT2D eigenvalue weighted by molar-refractivity contribution is 7.09. The Balaban J connectivity index is 1.73. The lowest BCUT2D eigenvalue weighted by atomic mass is 9.90. The van der Waals surface area contributed by atoms with Gasteiger partial charge in [0.15, 0.2) is 0 Å². The molecule has 1 fully saturated rings. The van der Waals surface area contributed by atoms with Crippen LogP contribution in [0.15, 0.2) is 35.4 Å². The minimum Gasteiger partial charge on any atom is -0.379 e. The molecule has 0 spiro atoms. The molecule has 1 aromatic heterocycles. The van der Waals surface area contributed by atoms with E-state index in [1.807, 2.05) is 38.1 Å². The van der Waals surface area contributed by atoms with Crippen molar-refractivity contribution < 1.29 is 23.9 Å². The monoisotopic (exact) mass is 644 g/mol. The lowest BCUT2D eigenvalue weighted by molar-refractivity contribution is -0.146. The number of nitrogens with zero attached hydrogens (tertiary/aromatic N) is 3. The molecule has 0 bridgehead atoms. The average Bonchev–Trinajstić information content (AvgIpc) is 3.74. The lowest BCUT2D eigenvalue weighted by Gasteiger charge is -2.39. The van der Waals surface area contributed by atoms with Crippen LogP contribution >= 0.6 is 11.3 Å². The third-order valence-electron chi connectivity index (χ3n) is 9.46. The van der Waals surface area contributed by atoms with E-state index in [0.717, 1.165) is 37.1 Å². The summed E-state index contributed by atoms with van der Waals surface area (Å²) in [7, 11) is 5.08. The van der Waals surface area contributed by atoms with E-state index in [4.69, 9.17) is 9.47 Å². The van der Waals surface area contributed by atoms with Gasteiger partial charge in [0.1, 0.15) is 5.01 Å². The fourth-order valence-electron chi connectivity index (χ4n) is 6.78. The summed E-state index contributed by atoms with van der Waals surface area (Å²) in [6, 6.07) is -0.690. The Labute approximate surface area is 274 Å². The fraction of sp³-hybridized carbons (Fsp3) is 0.714. The number of nitrogens with one attached hydrogen (secondary N) is 1. The number of ether oxygens (including phenoxy) is 2. The second kappa shape index (κ2) is 18.0. The van der Waals surface area contributed by atoms with Crippen LogP contribution in [0, 0.1) is 17.8 Å². The first-order chi connectivity index (χ1) is 21.5. The van der Waals surface area contributed by atoms with Gasteiger partial charge in [0, 0.05) is 45.8 Å². The minimum atomic E-state index is -0.488. The van der Waals surface area contributed by atoms with Crippen LogP contribution in [0.2, 0.25) is 0 Å². The van der Waals surface area contributed by atoms with E-state index in [0.29, 0.717) is 19.4 Å². The standard InChI is InChI=1S/C35H56N4O5S/c1-9-24(4)32(38(6)30(40)20-23(2)3)29(43-7)22-31(41)39-18-13-16-28(39)33(44-8)25(5)34(42)37-27(35-36-17-19-45-35)21-26-14-11-10-12-15-26/h11,14-15,17,19,23-25,27-29,32-33H,9-10,12-13,16,18,20-22H2,1-8H3,(H,37,42). The Morgan fingerprint density at radius 2 is 1.89 bits per heavy atom. The number of carbonyl (C=O) groups excluding carboxylic acids is 3. The first kappa shape index (κ1) is 36.9. The summed E-state index contributed by atoms with van der Waals surface area (Å²) in [6.07, 6.45) is 13.2. The van der Waals surface area contributed by atoms with Crippen LogP contribution in [-0.4, -0.2) is 84.6 Å². The normalized spacial score (nSPS) is 20.7. The molecule has 0 saturated carbocycles. The van der Waals surface area contributed by atoms with E-state index < -0.39 is 18.1 Å². The maximum atomic E-state index is 13.9. The molecule has 7 unspecified atom stereocenters. The molecule has 3 rings (SSSR count). The zero-order valence-electron chi connectivity index (χ0n) is 28.7. The van der Waals surface area contributed by atoms with Gasteiger partial charge in [-0.15, -0.1) is 11.3 Å². The molecule has 3 amide bonds. The van der Waals surface area contributed by atoms with Gasteiger partial charge in [-0.25, -0.2) is 4.98 Å². The summed E-state index contributed by atoms with van der Waals surface area (Å²) < 4.78 is 11.9. The molecular weight excluding hydrogens is 588 g/mol. The van der Waals surface area contributed by atoms with Crippen LogP contribution in [0.25, 0.3) is 0 Å². The molecule has 9 nitrogen and oxygen atoms in total. The van der Waals surface area contributed by atoms with Gasteiger partial charge < -0.3 is 24.6 Å². The summed E-state index contributed by atoms with van der Waals surface area (Å²) in [6.45, 7) is 10.8. The number of carbonyl (C=O) groups is 3. The number of amides is 3. The van der Waals surface area contributed by atoms with E-state index >= 15 is 0 Å². The smallest absolute Gasteiger partial charge is 0.226 e. The first-order valence-electron chi connectivity index (χ1n) is 16.7. The summed E-state index contributed by atoms with van der Waals surface area (Å²) in [4.78, 5) is 48.9. The number of aromatic nitrogens is 1. The van der Waals surface area contributed by atoms with E-state index in [9.17, 15) is 14.4 Å². The van der Waals surface area contributed by atoms with Crippen molar-refractivity contribution >= 4 is 29.1 Å². The van der Waals surface area contributed by atoms with E-state index in [1.165, 1.54) is 16.9 Å². The van der Waals surface area contributed by atoms with Crippen molar-refractivity contribution in [3.8, 4) is 0 Å². The molecule has 252 valence electrons. The maximum Gasteiger partial charge on any atom is 0.226 e. The van der Waals surface area contributed by atoms with Crippen molar-refractivity contribution in [2.45, 2.75) is 116 Å². The summed E-state index contributed by atoms with van der Waals surface area (Å²) >= 11 is 1.54. The minimum absolute atomic E-state index is 0.0336. The second-order valence-electron chi connectivity index (χ2n) is 13.1. The van der Waals surface area contributed by atoms with E-state index in [2.05, 4.69) is 42.4 Å². The van der Waals surface area contributed by atoms with Gasteiger partial charge in [0.25, 0.3) is 0 Å². The van der Waals surface area contributed by atoms with Gasteiger partial charge in [-0.1, -0.05) is 59.3 Å². The van der Waals surface area contributed by atoms with Crippen LogP contribution in [0.4, 0.5) is 0 Å². The SMILES string of the molecule is CCC(C)C(C(CC(=O)N1CCCC1C(OC)C(C)C(=O)NC(CC1=CCCC=C1)c1nccs1)OC)N(C)C(=O)CC(C)C. The molecule has 1 saturated heterocycles. The van der Waals surface area contributed by atoms with Crippen LogP contribution in [-0.2, 0) is 23.9 Å². The predicted molar refractivity (Wildman–Crippen MR) is 180 cm³/mol. The van der Waals surface area contributed by atoms with Crippen molar-refractivity contribution in [1.82, 2.24) is 20.1 Å². The van der Waals surface area contributed by atoms with E-state index in [1.54, 1.807) is 25.3 Å². The topological polar surface area (TPSA) is 101 Å². The second-order valence-corrected chi connectivity index (χ2v) is 14.1. The van der Waals surface area contributed by atoms with Crippen LogP contribution in [0.1, 0.15) is 97.0 Å². The van der Waals surface area contributed by atoms with Crippen molar-refractivity contribution in [3.05, 3.63) is 40.4 Å². The predicted octanol–water partition coefficient (Wildman–Crippen LogP) is 5.93. The van der Waals surface area contributed by atoms with Gasteiger partial charge in [-0.05, 0) is 49.5 Å². The van der Waals surface area contributed by atoms with Crippen molar-refractivity contribution in [2.75, 3.05) is 27.8 Å². The first-order valence-corrected chi connectivity index (χ1v) is 17.6. The quantitative estimate of drug-likeness (QED) is 0.226. The van der Waals surface area contributed by atoms with Crippen molar-refractivity contribution in [2.24, 2.45) is 17.8 Å². The highest BCUT2D eigenvalue weighted by Crippen LogP contribution is 2.31. The molecule has 0 radical (unpaired) electrons. The highest BCUT2D eigenvalue weighted by atomic mass is 32.1. The molecule has 1 N–H and O–H groups in total. The number of rotatable bonds is 17. The Kier molecular flexibility index (Phi) is 14.7. The van der Waals surface area contributed by atoms with Gasteiger partial charge in [0.05, 0.1) is 42.7 Å². The van der Waals surface area contributed by atoms with Gasteiger partial charge >= 0.3 is 0 Å². The molecule has 45 heavy (non-hydrogen) atoms. The molecule has 1 aliphatic carbocycles. The fourth-order valence-corrected chi connectivity index (χ4v) is 7.47. The van der Waals surface area contributed by atoms with Crippen molar-refractivity contribution in [3.63, 3.8) is 0 Å². The summed E-state index contributed by atoms with van der Waals surface area (Å²) in [5, 5.41) is 6.06. The Morgan fingerprint density at radius 3 is 2.47 bits per heavy atom. The zero-order valence-corrected chi connectivity index (χ0v) is 29.5. The van der Waals surface area contributed by atoms with Crippen LogP contribution in [0.3, 0.4) is 0 Å². The molecule has 0 aromatic carbocycles. The number of methoxy groups -OCH3 is 2. The molecule has 1 aromatic rings. The Bertz CT molecular complexity index is 1150. The number of likely N-dealkylation sites (N-methyl/N-ethyl adjacent to an activating group) is 1. The summed E-state index contributed by atoms with van der Waals surface area (Å²) in [5.41, 5.74) is 1.20. The number of allylic oxidation sites excluding steroid dienone is 3. The molecular formula is C35H56N4O5S. The van der Waals surface area contributed by atoms with Crippen LogP contribution < -0.4 is 5.32 Å². The number of hydrogen-bond acceptors (Lipinski definition) is 7. The maximum absolute atomic E-state index is 13.9. The third-order valence-corrected chi connectivity index (χ3v) is 10.4. The molecule has 2 heterocycles. The number of hydrogen-bond donors (Lipinski definition) is 1. The van der Waals surface area contributed by atoms with Crippen molar-refractivity contribution in [1.29, 1.82) is 0 Å². The third kappa shape index (κ3) is 9.96. The number of thiazole rings is 1. The molecule has 2 aliphatic rings. The van der Waals surface area contributed by atoms with Gasteiger partial charge in [-0.3, -0.25) is 14.4 Å². The lowest BCUT2D eigenvalue weighted by Crippen LogP contribution is -2.53. The van der Waals surface area contributed by atoms with Gasteiger partial charge in [-0.2, -0.15) is 0 Å². The summed E-state index contributed by atoms with van der Waals surface area (Å²) in [5.74, 6) is -0.173. The van der Waals surface area contributed by atoms with Crippen LogP contribution in [0.5, 0.6) is 0 Å². The molecule has 1 aliphatic heterocycles. The zero-order chi connectivity index (χ0) is 33.1. The van der Waals surface area contributed by atoms with Gasteiger partial charge in [0.2, 0.25) is 17.7 Å².